The van der Waals surface area contributed by atoms with Crippen LogP contribution in [0.25, 0.3) is 0 Å². The fourth-order valence-corrected chi connectivity index (χ4v) is 3.29. The Bertz CT molecular complexity index is 804. The number of nitrogens with two attached hydrogens (primary N) is 1. The van der Waals surface area contributed by atoms with Gasteiger partial charge in [0.05, 0.1) is 12.6 Å². The molecule has 2 heterocycles. The van der Waals surface area contributed by atoms with Gasteiger partial charge in [-0.05, 0) is 38.8 Å². The third-order valence-corrected chi connectivity index (χ3v) is 4.61. The smallest absolute Gasteiger partial charge is 0.242 e. The van der Waals surface area contributed by atoms with Crippen molar-refractivity contribution in [2.24, 2.45) is 5.73 Å². The average Bonchev–Trinajstić information content (AvgIpc) is 2.67. The number of carbonyl (C=O) groups is 1. The molecule has 1 fully saturated rings. The van der Waals surface area contributed by atoms with Gasteiger partial charge in [-0.2, -0.15) is 0 Å². The largest absolute Gasteiger partial charge is 0.493 e. The Morgan fingerprint density at radius 2 is 1.93 bits per heavy atom. The molecule has 0 bridgehead atoms. The summed E-state index contributed by atoms with van der Waals surface area (Å²) in [6.45, 7) is 4.73. The number of ether oxygens (including phenoxy) is 2. The number of benzene rings is 1. The van der Waals surface area contributed by atoms with E-state index in [9.17, 15) is 4.79 Å². The topological polar surface area (TPSA) is 90.6 Å². The van der Waals surface area contributed by atoms with Crippen LogP contribution in [0.4, 0.5) is 0 Å². The van der Waals surface area contributed by atoms with Crippen molar-refractivity contribution >= 4 is 5.91 Å². The molecule has 1 atom stereocenters. The van der Waals surface area contributed by atoms with Crippen LogP contribution in [0.2, 0.25) is 0 Å². The standard InChI is InChI=1S/C20H26N4O3/c1-20(2,21)19(25)24-12-6-7-14(13-24)17-18(23-11-10-22-17)27-16-9-5-4-8-15(16)26-3/h4-5,8-11,14H,6-7,12-13,21H2,1-3H3/t14-/m0/s1. The van der Waals surface area contributed by atoms with Gasteiger partial charge in [-0.15, -0.1) is 0 Å². The molecule has 2 aromatic rings. The van der Waals surface area contributed by atoms with Crippen molar-refractivity contribution in [3.63, 3.8) is 0 Å². The maximum absolute atomic E-state index is 12.6. The van der Waals surface area contributed by atoms with Crippen molar-refractivity contribution in [1.82, 2.24) is 14.9 Å². The third kappa shape index (κ3) is 4.36. The lowest BCUT2D eigenvalue weighted by Crippen LogP contribution is -2.53. The predicted octanol–water partition coefficient (Wildman–Crippen LogP) is 2.72. The van der Waals surface area contributed by atoms with Crippen molar-refractivity contribution in [3.05, 3.63) is 42.4 Å². The van der Waals surface area contributed by atoms with Crippen LogP contribution >= 0.6 is 0 Å². The molecule has 0 spiro atoms. The minimum Gasteiger partial charge on any atom is -0.493 e. The van der Waals surface area contributed by atoms with Gasteiger partial charge in [-0.3, -0.25) is 9.78 Å². The molecule has 2 N–H and O–H groups in total. The van der Waals surface area contributed by atoms with Crippen LogP contribution in [0.3, 0.4) is 0 Å². The summed E-state index contributed by atoms with van der Waals surface area (Å²) < 4.78 is 11.4. The zero-order valence-electron chi connectivity index (χ0n) is 16.0. The second-order valence-corrected chi connectivity index (χ2v) is 7.31. The molecule has 0 aliphatic carbocycles. The Kier molecular flexibility index (Phi) is 5.60. The Hall–Kier alpha value is -2.67. The minimum absolute atomic E-state index is 0.0449. The number of likely N-dealkylation sites (tertiary alicyclic amines) is 1. The SMILES string of the molecule is COc1ccccc1Oc1nccnc1[C@H]1CCCN(C(=O)C(C)(C)N)C1. The van der Waals surface area contributed by atoms with Crippen molar-refractivity contribution in [1.29, 1.82) is 0 Å². The van der Waals surface area contributed by atoms with Crippen molar-refractivity contribution in [2.75, 3.05) is 20.2 Å². The van der Waals surface area contributed by atoms with Crippen LogP contribution < -0.4 is 15.2 Å². The Morgan fingerprint density at radius 3 is 2.63 bits per heavy atom. The number of carbonyl (C=O) groups excluding carboxylic acids is 1. The van der Waals surface area contributed by atoms with Crippen LogP contribution in [0.15, 0.2) is 36.7 Å². The van der Waals surface area contributed by atoms with Gasteiger partial charge in [0.1, 0.15) is 5.69 Å². The number of hydrogen-bond acceptors (Lipinski definition) is 6. The molecule has 7 nitrogen and oxygen atoms in total. The zero-order chi connectivity index (χ0) is 19.4. The quantitative estimate of drug-likeness (QED) is 0.870. The predicted molar refractivity (Wildman–Crippen MR) is 102 cm³/mol. The number of amides is 1. The van der Waals surface area contributed by atoms with E-state index in [-0.39, 0.29) is 11.8 Å². The van der Waals surface area contributed by atoms with Gasteiger partial charge in [-0.25, -0.2) is 4.98 Å². The Morgan fingerprint density at radius 1 is 1.22 bits per heavy atom. The molecule has 0 radical (unpaired) electrons. The molecule has 3 rings (SSSR count). The lowest BCUT2D eigenvalue weighted by Gasteiger charge is -2.36. The number of para-hydroxylation sites is 2. The van der Waals surface area contributed by atoms with Crippen LogP contribution in [0.5, 0.6) is 17.4 Å². The maximum Gasteiger partial charge on any atom is 0.242 e. The lowest BCUT2D eigenvalue weighted by molar-refractivity contribution is -0.137. The fraction of sp³-hybridized carbons (Fsp3) is 0.450. The van der Waals surface area contributed by atoms with Gasteiger partial charge in [0.2, 0.25) is 11.8 Å². The molecule has 144 valence electrons. The van der Waals surface area contributed by atoms with Gasteiger partial charge >= 0.3 is 0 Å². The highest BCUT2D eigenvalue weighted by Crippen LogP contribution is 2.35. The summed E-state index contributed by atoms with van der Waals surface area (Å²) in [5.74, 6) is 1.63. The summed E-state index contributed by atoms with van der Waals surface area (Å²) in [6.07, 6.45) is 5.05. The van der Waals surface area contributed by atoms with Crippen LogP contribution in [0.1, 0.15) is 38.3 Å². The van der Waals surface area contributed by atoms with Crippen molar-refractivity contribution < 1.29 is 14.3 Å². The second-order valence-electron chi connectivity index (χ2n) is 7.31. The monoisotopic (exact) mass is 370 g/mol. The number of piperidine rings is 1. The van der Waals surface area contributed by atoms with E-state index in [2.05, 4.69) is 9.97 Å². The highest BCUT2D eigenvalue weighted by atomic mass is 16.5. The molecule has 1 aromatic carbocycles. The minimum atomic E-state index is -0.888. The summed E-state index contributed by atoms with van der Waals surface area (Å²) in [6, 6.07) is 7.40. The highest BCUT2D eigenvalue weighted by molar-refractivity contribution is 5.85. The van der Waals surface area contributed by atoms with E-state index in [0.717, 1.165) is 18.5 Å². The van der Waals surface area contributed by atoms with Crippen molar-refractivity contribution in [3.8, 4) is 17.4 Å². The first-order valence-electron chi connectivity index (χ1n) is 9.10. The van der Waals surface area contributed by atoms with Gasteiger partial charge in [-0.1, -0.05) is 12.1 Å². The summed E-state index contributed by atoms with van der Waals surface area (Å²) in [4.78, 5) is 23.3. The van der Waals surface area contributed by atoms with E-state index < -0.39 is 5.54 Å². The molecule has 0 saturated carbocycles. The summed E-state index contributed by atoms with van der Waals surface area (Å²) >= 11 is 0. The van der Waals surface area contributed by atoms with E-state index in [1.165, 1.54) is 0 Å². The van der Waals surface area contributed by atoms with E-state index >= 15 is 0 Å². The van der Waals surface area contributed by atoms with E-state index in [4.69, 9.17) is 15.2 Å². The summed E-state index contributed by atoms with van der Waals surface area (Å²) in [5, 5.41) is 0. The normalized spacial score (nSPS) is 17.5. The Labute approximate surface area is 159 Å². The van der Waals surface area contributed by atoms with Crippen LogP contribution in [-0.2, 0) is 4.79 Å². The molecule has 1 aromatic heterocycles. The number of hydrogen-bond donors (Lipinski definition) is 1. The number of rotatable bonds is 5. The molecular weight excluding hydrogens is 344 g/mol. The van der Waals surface area contributed by atoms with E-state index in [0.29, 0.717) is 30.5 Å². The first-order chi connectivity index (χ1) is 12.9. The number of methoxy groups -OCH3 is 1. The van der Waals surface area contributed by atoms with Crippen LogP contribution in [0, 0.1) is 0 Å². The third-order valence-electron chi connectivity index (χ3n) is 4.61. The maximum atomic E-state index is 12.6. The highest BCUT2D eigenvalue weighted by Gasteiger charge is 2.33. The number of nitrogens with zero attached hydrogens (tertiary/aromatic N) is 3. The molecule has 7 heteroatoms. The van der Waals surface area contributed by atoms with Crippen molar-refractivity contribution in [2.45, 2.75) is 38.1 Å². The van der Waals surface area contributed by atoms with Crippen LogP contribution in [-0.4, -0.2) is 46.5 Å². The molecule has 1 aliphatic heterocycles. The molecular formula is C20H26N4O3. The molecule has 27 heavy (non-hydrogen) atoms. The van der Waals surface area contributed by atoms with E-state index in [1.807, 2.05) is 29.2 Å². The van der Waals surface area contributed by atoms with Gasteiger partial charge in [0.15, 0.2) is 11.5 Å². The zero-order valence-corrected chi connectivity index (χ0v) is 16.0. The first kappa shape index (κ1) is 19.1. The molecule has 1 amide bonds. The lowest BCUT2D eigenvalue weighted by atomic mass is 9.93. The first-order valence-corrected chi connectivity index (χ1v) is 9.10. The molecule has 0 unspecified atom stereocenters. The van der Waals surface area contributed by atoms with Gasteiger partial charge < -0.3 is 20.1 Å². The van der Waals surface area contributed by atoms with Gasteiger partial charge in [0.25, 0.3) is 0 Å². The average molecular weight is 370 g/mol. The Balaban J connectivity index is 1.84. The fourth-order valence-electron chi connectivity index (χ4n) is 3.29. The second kappa shape index (κ2) is 7.92. The number of aromatic nitrogens is 2. The summed E-state index contributed by atoms with van der Waals surface area (Å²) in [7, 11) is 1.60. The molecule has 1 aliphatic rings. The van der Waals surface area contributed by atoms with Gasteiger partial charge in [0, 0.05) is 31.4 Å². The summed E-state index contributed by atoms with van der Waals surface area (Å²) in [5.41, 5.74) is 5.86. The molecule has 1 saturated heterocycles. The van der Waals surface area contributed by atoms with E-state index in [1.54, 1.807) is 33.4 Å².